The van der Waals surface area contributed by atoms with Crippen LogP contribution in [0.3, 0.4) is 0 Å². The third-order valence-electron chi connectivity index (χ3n) is 3.28. The van der Waals surface area contributed by atoms with Gasteiger partial charge in [-0.05, 0) is 37.0 Å². The minimum absolute atomic E-state index is 0.445. The lowest BCUT2D eigenvalue weighted by molar-refractivity contribution is -0.138. The van der Waals surface area contributed by atoms with Crippen molar-refractivity contribution < 1.29 is 9.90 Å². The molecule has 1 aromatic rings. The van der Waals surface area contributed by atoms with E-state index in [4.69, 9.17) is 0 Å². The van der Waals surface area contributed by atoms with Crippen LogP contribution in [0, 0.1) is 0 Å². The van der Waals surface area contributed by atoms with Gasteiger partial charge in [0, 0.05) is 12.2 Å². The summed E-state index contributed by atoms with van der Waals surface area (Å²) in [5.41, 5.74) is 2.26. The molecule has 0 bridgehead atoms. The Morgan fingerprint density at radius 3 is 2.11 bits per heavy atom. The Balaban J connectivity index is 2.98. The molecule has 18 heavy (non-hydrogen) atoms. The van der Waals surface area contributed by atoms with Crippen LogP contribution in [-0.4, -0.2) is 23.7 Å². The zero-order valence-corrected chi connectivity index (χ0v) is 11.7. The van der Waals surface area contributed by atoms with E-state index < -0.39 is 12.0 Å². The van der Waals surface area contributed by atoms with Gasteiger partial charge in [-0.15, -0.1) is 0 Å². The number of nitrogens with zero attached hydrogens (tertiary/aromatic N) is 1. The normalized spacial score (nSPS) is 12.5. The maximum atomic E-state index is 11.2. The van der Waals surface area contributed by atoms with E-state index in [2.05, 4.69) is 26.0 Å². The maximum absolute atomic E-state index is 11.2. The molecule has 0 saturated carbocycles. The van der Waals surface area contributed by atoms with Crippen LogP contribution in [0.2, 0.25) is 0 Å². The third-order valence-corrected chi connectivity index (χ3v) is 3.28. The first-order chi connectivity index (χ1) is 8.51. The molecule has 1 atom stereocenters. The van der Waals surface area contributed by atoms with Crippen molar-refractivity contribution in [3.8, 4) is 0 Å². The average molecular weight is 249 g/mol. The van der Waals surface area contributed by atoms with E-state index in [-0.39, 0.29) is 0 Å². The summed E-state index contributed by atoms with van der Waals surface area (Å²) in [5.74, 6) is -0.261. The van der Waals surface area contributed by atoms with Crippen molar-refractivity contribution in [1.82, 2.24) is 0 Å². The first-order valence-corrected chi connectivity index (χ1v) is 6.60. The van der Waals surface area contributed by atoms with Gasteiger partial charge in [0.1, 0.15) is 6.04 Å². The number of benzene rings is 1. The Kier molecular flexibility index (Phi) is 5.20. The van der Waals surface area contributed by atoms with Crippen molar-refractivity contribution in [2.75, 3.05) is 11.4 Å². The van der Waals surface area contributed by atoms with Crippen molar-refractivity contribution >= 4 is 11.7 Å². The van der Waals surface area contributed by atoms with E-state index >= 15 is 0 Å². The average Bonchev–Trinajstić information content (AvgIpc) is 2.35. The van der Waals surface area contributed by atoms with Crippen LogP contribution >= 0.6 is 0 Å². The number of anilines is 1. The van der Waals surface area contributed by atoms with Gasteiger partial charge in [-0.2, -0.15) is 0 Å². The quantitative estimate of drug-likeness (QED) is 0.838. The molecule has 0 unspecified atom stereocenters. The second kappa shape index (κ2) is 6.43. The number of carboxylic acids is 1. The molecule has 0 amide bonds. The molecule has 0 spiro atoms. The summed E-state index contributed by atoms with van der Waals surface area (Å²) < 4.78 is 0. The van der Waals surface area contributed by atoms with Crippen molar-refractivity contribution in [2.24, 2.45) is 0 Å². The molecular formula is C15H23NO2. The molecular weight excluding hydrogens is 226 g/mol. The zero-order chi connectivity index (χ0) is 13.7. The third kappa shape index (κ3) is 3.25. The lowest BCUT2D eigenvalue weighted by Crippen LogP contribution is -2.40. The predicted molar refractivity (Wildman–Crippen MR) is 75.3 cm³/mol. The van der Waals surface area contributed by atoms with Gasteiger partial charge in [-0.3, -0.25) is 0 Å². The predicted octanol–water partition coefficient (Wildman–Crippen LogP) is 3.50. The Bertz CT molecular complexity index is 384. The molecule has 0 heterocycles. The molecule has 100 valence electrons. The fourth-order valence-electron chi connectivity index (χ4n) is 2.16. The van der Waals surface area contributed by atoms with Gasteiger partial charge >= 0.3 is 5.97 Å². The standard InChI is InChI=1S/C15H23NO2/c1-5-14(15(17)18)16(6-2)13-9-7-12(8-10-13)11(3)4/h7-11,14H,5-6H2,1-4H3,(H,17,18)/t14-/m1/s1. The van der Waals surface area contributed by atoms with E-state index in [1.807, 2.05) is 30.9 Å². The van der Waals surface area contributed by atoms with Gasteiger partial charge in [-0.1, -0.05) is 32.9 Å². The summed E-state index contributed by atoms with van der Waals surface area (Å²) in [5, 5.41) is 9.24. The minimum atomic E-state index is -0.757. The van der Waals surface area contributed by atoms with Crippen LogP contribution in [0.5, 0.6) is 0 Å². The first kappa shape index (κ1) is 14.6. The van der Waals surface area contributed by atoms with Gasteiger partial charge < -0.3 is 10.0 Å². The molecule has 0 fully saturated rings. The second-order valence-corrected chi connectivity index (χ2v) is 4.79. The number of hydrogen-bond donors (Lipinski definition) is 1. The number of likely N-dealkylation sites (N-methyl/N-ethyl adjacent to an activating group) is 1. The molecule has 3 heteroatoms. The van der Waals surface area contributed by atoms with Gasteiger partial charge in [-0.25, -0.2) is 4.79 Å². The maximum Gasteiger partial charge on any atom is 0.326 e. The zero-order valence-electron chi connectivity index (χ0n) is 11.7. The van der Waals surface area contributed by atoms with Crippen LogP contribution < -0.4 is 4.90 Å². The summed E-state index contributed by atoms with van der Waals surface area (Å²) in [7, 11) is 0. The van der Waals surface area contributed by atoms with Crippen molar-refractivity contribution in [3.05, 3.63) is 29.8 Å². The van der Waals surface area contributed by atoms with Crippen LogP contribution in [0.4, 0.5) is 5.69 Å². The molecule has 0 saturated heterocycles. The van der Waals surface area contributed by atoms with Gasteiger partial charge in [0.2, 0.25) is 0 Å². The number of rotatable bonds is 6. The molecule has 1 rings (SSSR count). The highest BCUT2D eigenvalue weighted by molar-refractivity contribution is 5.78. The Hall–Kier alpha value is -1.51. The summed E-state index contributed by atoms with van der Waals surface area (Å²) >= 11 is 0. The fraction of sp³-hybridized carbons (Fsp3) is 0.533. The summed E-state index contributed by atoms with van der Waals surface area (Å²) in [6.45, 7) is 8.90. The topological polar surface area (TPSA) is 40.5 Å². The Morgan fingerprint density at radius 2 is 1.78 bits per heavy atom. The van der Waals surface area contributed by atoms with Crippen LogP contribution in [0.15, 0.2) is 24.3 Å². The highest BCUT2D eigenvalue weighted by Crippen LogP contribution is 2.22. The van der Waals surface area contributed by atoms with Gasteiger partial charge in [0.25, 0.3) is 0 Å². The Labute approximate surface area is 109 Å². The molecule has 0 aliphatic rings. The van der Waals surface area contributed by atoms with E-state index in [1.54, 1.807) is 0 Å². The lowest BCUT2D eigenvalue weighted by Gasteiger charge is -2.29. The van der Waals surface area contributed by atoms with Crippen molar-refractivity contribution in [1.29, 1.82) is 0 Å². The van der Waals surface area contributed by atoms with Gasteiger partial charge in [0.15, 0.2) is 0 Å². The Morgan fingerprint density at radius 1 is 1.22 bits per heavy atom. The lowest BCUT2D eigenvalue weighted by atomic mass is 10.0. The van der Waals surface area contributed by atoms with Crippen molar-refractivity contribution in [3.63, 3.8) is 0 Å². The summed E-state index contributed by atoms with van der Waals surface area (Å²) in [4.78, 5) is 13.2. The van der Waals surface area contributed by atoms with Crippen LogP contribution in [0.25, 0.3) is 0 Å². The number of hydrogen-bond acceptors (Lipinski definition) is 2. The first-order valence-electron chi connectivity index (χ1n) is 6.60. The molecule has 0 aliphatic carbocycles. The number of carboxylic acid groups (broad SMARTS) is 1. The van der Waals surface area contributed by atoms with E-state index in [0.29, 0.717) is 18.9 Å². The SMILES string of the molecule is CC[C@H](C(=O)O)N(CC)c1ccc(C(C)C)cc1. The van der Waals surface area contributed by atoms with E-state index in [1.165, 1.54) is 5.56 Å². The van der Waals surface area contributed by atoms with Crippen LogP contribution in [0.1, 0.15) is 45.6 Å². The molecule has 0 aromatic heterocycles. The molecule has 1 aromatic carbocycles. The highest BCUT2D eigenvalue weighted by Gasteiger charge is 2.22. The van der Waals surface area contributed by atoms with Crippen molar-refractivity contribution in [2.45, 2.75) is 46.1 Å². The van der Waals surface area contributed by atoms with E-state index in [0.717, 1.165) is 5.69 Å². The molecule has 0 aliphatic heterocycles. The van der Waals surface area contributed by atoms with Crippen LogP contribution in [-0.2, 0) is 4.79 Å². The van der Waals surface area contributed by atoms with Gasteiger partial charge in [0.05, 0.1) is 0 Å². The summed E-state index contributed by atoms with van der Waals surface area (Å²) in [6, 6.07) is 7.75. The monoisotopic (exact) mass is 249 g/mol. The fourth-order valence-corrected chi connectivity index (χ4v) is 2.16. The smallest absolute Gasteiger partial charge is 0.326 e. The minimum Gasteiger partial charge on any atom is -0.480 e. The molecule has 1 N–H and O–H groups in total. The highest BCUT2D eigenvalue weighted by atomic mass is 16.4. The number of aliphatic carboxylic acids is 1. The largest absolute Gasteiger partial charge is 0.480 e. The second-order valence-electron chi connectivity index (χ2n) is 4.79. The molecule has 0 radical (unpaired) electrons. The molecule has 3 nitrogen and oxygen atoms in total. The van der Waals surface area contributed by atoms with E-state index in [9.17, 15) is 9.90 Å². The summed E-state index contributed by atoms with van der Waals surface area (Å²) in [6.07, 6.45) is 0.606. The number of carbonyl (C=O) groups is 1.